The molecule has 4 unspecified atom stereocenters. The largest absolute Gasteiger partial charge is 0.458 e. The summed E-state index contributed by atoms with van der Waals surface area (Å²) in [4.78, 5) is 28.3. The lowest BCUT2D eigenvalue weighted by Crippen LogP contribution is -2.68. The molecule has 3 aliphatic rings. The van der Waals surface area contributed by atoms with Gasteiger partial charge in [0, 0.05) is 5.92 Å². The minimum absolute atomic E-state index is 0.0318. The zero-order valence-electron chi connectivity index (χ0n) is 15.7. The highest BCUT2D eigenvalue weighted by atomic mass is 16.6. The van der Waals surface area contributed by atoms with Crippen molar-refractivity contribution in [3.05, 3.63) is 0 Å². The molecule has 24 heavy (non-hydrogen) atoms. The second-order valence-corrected chi connectivity index (χ2v) is 8.54. The van der Waals surface area contributed by atoms with E-state index in [1.807, 2.05) is 20.8 Å². The van der Waals surface area contributed by atoms with Crippen molar-refractivity contribution < 1.29 is 19.1 Å². The molecule has 136 valence electrons. The van der Waals surface area contributed by atoms with Crippen molar-refractivity contribution in [3.8, 4) is 0 Å². The average molecular weight is 337 g/mol. The number of esters is 2. The van der Waals surface area contributed by atoms with Crippen molar-refractivity contribution in [1.29, 1.82) is 0 Å². The van der Waals surface area contributed by atoms with Crippen LogP contribution in [-0.2, 0) is 19.1 Å². The van der Waals surface area contributed by atoms with Gasteiger partial charge in [-0.25, -0.2) is 0 Å². The van der Waals surface area contributed by atoms with Crippen LogP contribution in [0.15, 0.2) is 0 Å². The van der Waals surface area contributed by atoms with Gasteiger partial charge in [0.05, 0.1) is 0 Å². The summed E-state index contributed by atoms with van der Waals surface area (Å²) in [6, 6.07) is 0. The first-order valence-corrected chi connectivity index (χ1v) is 9.38. The Labute approximate surface area is 145 Å². The summed E-state index contributed by atoms with van der Waals surface area (Å²) in [7, 11) is 0. The fourth-order valence-corrected chi connectivity index (χ4v) is 5.18. The first-order valence-electron chi connectivity index (χ1n) is 9.38. The number of ether oxygens (including phenoxy) is 2. The van der Waals surface area contributed by atoms with Crippen LogP contribution in [0.4, 0.5) is 0 Å². The molecule has 0 aromatic carbocycles. The summed E-state index contributed by atoms with van der Waals surface area (Å²) >= 11 is 0. The molecular formula is C19H31NO4. The molecule has 2 aliphatic heterocycles. The van der Waals surface area contributed by atoms with E-state index in [1.54, 1.807) is 0 Å². The highest BCUT2D eigenvalue weighted by Gasteiger charge is 2.69. The highest BCUT2D eigenvalue weighted by molar-refractivity contribution is 6.02. The Bertz CT molecular complexity index is 531. The van der Waals surface area contributed by atoms with Crippen LogP contribution in [0.1, 0.15) is 60.3 Å². The zero-order valence-corrected chi connectivity index (χ0v) is 15.7. The van der Waals surface area contributed by atoms with Crippen molar-refractivity contribution in [2.75, 3.05) is 19.6 Å². The first kappa shape index (κ1) is 17.7. The zero-order chi connectivity index (χ0) is 17.8. The first-order chi connectivity index (χ1) is 11.2. The minimum Gasteiger partial charge on any atom is -0.458 e. The number of nitrogens with zero attached hydrogens (tertiary/aromatic N) is 1. The third kappa shape index (κ3) is 2.47. The fourth-order valence-electron chi connectivity index (χ4n) is 5.18. The van der Waals surface area contributed by atoms with Gasteiger partial charge in [-0.05, 0) is 72.0 Å². The topological polar surface area (TPSA) is 55.8 Å². The molecule has 0 amide bonds. The van der Waals surface area contributed by atoms with Gasteiger partial charge < -0.3 is 14.4 Å². The number of rotatable bonds is 5. The molecule has 3 fully saturated rings. The normalized spacial score (nSPS) is 40.2. The SMILES string of the molecule is CCN(CC)CCC12C(=O)OC3(C)CCC(C1C3)C(C)(C)OC2=O. The molecule has 0 aromatic heterocycles. The van der Waals surface area contributed by atoms with Crippen molar-refractivity contribution >= 4 is 11.9 Å². The van der Waals surface area contributed by atoms with E-state index in [0.29, 0.717) is 6.42 Å². The molecule has 2 saturated heterocycles. The van der Waals surface area contributed by atoms with Gasteiger partial charge in [-0.3, -0.25) is 9.59 Å². The molecule has 4 atom stereocenters. The molecule has 5 nitrogen and oxygen atoms in total. The van der Waals surface area contributed by atoms with E-state index in [1.165, 1.54) is 0 Å². The van der Waals surface area contributed by atoms with E-state index in [0.717, 1.165) is 38.9 Å². The molecular weight excluding hydrogens is 306 g/mol. The summed E-state index contributed by atoms with van der Waals surface area (Å²) < 4.78 is 11.6. The number of carbonyl (C=O) groups is 2. The third-order valence-corrected chi connectivity index (χ3v) is 6.79. The predicted molar refractivity (Wildman–Crippen MR) is 90.3 cm³/mol. The van der Waals surface area contributed by atoms with Crippen molar-refractivity contribution in [3.63, 3.8) is 0 Å². The molecule has 2 heterocycles. The number of cyclic esters (lactones) is 1. The van der Waals surface area contributed by atoms with E-state index in [-0.39, 0.29) is 23.8 Å². The van der Waals surface area contributed by atoms with E-state index in [4.69, 9.17) is 9.47 Å². The Morgan fingerprint density at radius 2 is 1.67 bits per heavy atom. The Kier molecular flexibility index (Phi) is 4.22. The molecule has 1 saturated carbocycles. The van der Waals surface area contributed by atoms with Crippen molar-refractivity contribution in [1.82, 2.24) is 4.90 Å². The van der Waals surface area contributed by atoms with E-state index >= 15 is 0 Å². The summed E-state index contributed by atoms with van der Waals surface area (Å²) in [6.45, 7) is 12.7. The number of hydrogen-bond acceptors (Lipinski definition) is 5. The standard InChI is InChI=1S/C19H31NO4/c1-6-20(7-2)11-10-19-14-12-18(5,24-16(19)22)9-8-13(14)17(3,4)23-15(19)21/h13-14H,6-12H2,1-5H3. The molecule has 0 N–H and O–H groups in total. The molecule has 2 bridgehead atoms. The molecule has 3 rings (SSSR count). The van der Waals surface area contributed by atoms with Gasteiger partial charge in [-0.2, -0.15) is 0 Å². The summed E-state index contributed by atoms with van der Waals surface area (Å²) in [6.07, 6.45) is 3.08. The number of fused-ring (bicyclic) bond motifs is 1. The Morgan fingerprint density at radius 1 is 1.04 bits per heavy atom. The number of carbonyl (C=O) groups excluding carboxylic acids is 2. The van der Waals surface area contributed by atoms with Crippen LogP contribution >= 0.6 is 0 Å². The van der Waals surface area contributed by atoms with Gasteiger partial charge in [0.2, 0.25) is 0 Å². The Balaban J connectivity index is 1.97. The monoisotopic (exact) mass is 337 g/mol. The maximum Gasteiger partial charge on any atom is 0.324 e. The lowest BCUT2D eigenvalue weighted by Gasteiger charge is -2.60. The smallest absolute Gasteiger partial charge is 0.324 e. The minimum atomic E-state index is -1.11. The molecule has 0 spiro atoms. The lowest BCUT2D eigenvalue weighted by atomic mass is 9.53. The molecule has 0 aromatic rings. The third-order valence-electron chi connectivity index (χ3n) is 6.79. The van der Waals surface area contributed by atoms with Crippen LogP contribution in [0.25, 0.3) is 0 Å². The Hall–Kier alpha value is -1.10. The van der Waals surface area contributed by atoms with E-state index < -0.39 is 16.6 Å². The van der Waals surface area contributed by atoms with Crippen LogP contribution in [0.5, 0.6) is 0 Å². The summed E-state index contributed by atoms with van der Waals surface area (Å²) in [5, 5.41) is 0. The van der Waals surface area contributed by atoms with E-state index in [9.17, 15) is 9.59 Å². The highest BCUT2D eigenvalue weighted by Crippen LogP contribution is 2.60. The van der Waals surface area contributed by atoms with Crippen LogP contribution in [0.2, 0.25) is 0 Å². The van der Waals surface area contributed by atoms with Gasteiger partial charge in [-0.1, -0.05) is 13.8 Å². The van der Waals surface area contributed by atoms with Gasteiger partial charge in [0.25, 0.3) is 0 Å². The second kappa shape index (κ2) is 5.72. The number of hydrogen-bond donors (Lipinski definition) is 0. The van der Waals surface area contributed by atoms with Gasteiger partial charge in [0.1, 0.15) is 11.2 Å². The van der Waals surface area contributed by atoms with Crippen LogP contribution in [0, 0.1) is 17.3 Å². The lowest BCUT2D eigenvalue weighted by molar-refractivity contribution is -0.251. The van der Waals surface area contributed by atoms with Crippen LogP contribution in [-0.4, -0.2) is 47.7 Å². The van der Waals surface area contributed by atoms with Crippen molar-refractivity contribution in [2.45, 2.75) is 71.5 Å². The van der Waals surface area contributed by atoms with Gasteiger partial charge >= 0.3 is 11.9 Å². The van der Waals surface area contributed by atoms with Gasteiger partial charge in [0.15, 0.2) is 5.41 Å². The van der Waals surface area contributed by atoms with Gasteiger partial charge in [-0.15, -0.1) is 0 Å². The maximum atomic E-state index is 13.0. The second-order valence-electron chi connectivity index (χ2n) is 8.54. The Morgan fingerprint density at radius 3 is 2.29 bits per heavy atom. The molecule has 0 radical (unpaired) electrons. The fraction of sp³-hybridized carbons (Fsp3) is 0.895. The van der Waals surface area contributed by atoms with Crippen molar-refractivity contribution in [2.24, 2.45) is 17.3 Å². The molecule has 5 heteroatoms. The summed E-state index contributed by atoms with van der Waals surface area (Å²) in [5.74, 6) is -0.453. The van der Waals surface area contributed by atoms with Crippen LogP contribution in [0.3, 0.4) is 0 Å². The summed E-state index contributed by atoms with van der Waals surface area (Å²) in [5.41, 5.74) is -2.02. The quantitative estimate of drug-likeness (QED) is 0.570. The average Bonchev–Trinajstić information content (AvgIpc) is 2.48. The maximum absolute atomic E-state index is 13.0. The van der Waals surface area contributed by atoms with E-state index in [2.05, 4.69) is 18.7 Å². The predicted octanol–water partition coefficient (Wildman–Crippen LogP) is 2.77. The van der Waals surface area contributed by atoms with Crippen LogP contribution < -0.4 is 0 Å². The molecule has 1 aliphatic carbocycles.